The maximum absolute atomic E-state index is 13.4. The Hall–Kier alpha value is -3.01. The molecule has 3 aromatic rings. The van der Waals surface area contributed by atoms with Gasteiger partial charge in [0.25, 0.3) is 0 Å². The highest BCUT2D eigenvalue weighted by Gasteiger charge is 2.77. The second-order valence-electron chi connectivity index (χ2n) is 9.57. The maximum atomic E-state index is 13.4. The number of pyridine rings is 1. The number of aromatic nitrogens is 1. The molecule has 1 saturated carbocycles. The number of aliphatic hydroxyl groups is 2. The summed E-state index contributed by atoms with van der Waals surface area (Å²) in [4.78, 5) is 6.16. The average Bonchev–Trinajstić information content (AvgIpc) is 3.17. The van der Waals surface area contributed by atoms with E-state index >= 15 is 0 Å². The van der Waals surface area contributed by atoms with Gasteiger partial charge in [-0.2, -0.15) is 13.2 Å². The molecule has 3 heterocycles. The Morgan fingerprint density at radius 3 is 2.56 bits per heavy atom. The van der Waals surface area contributed by atoms with Crippen LogP contribution in [0.1, 0.15) is 28.2 Å². The fourth-order valence-electron chi connectivity index (χ4n) is 6.38. The van der Waals surface area contributed by atoms with Crippen LogP contribution in [0, 0.1) is 5.92 Å². The molecule has 0 spiro atoms. The van der Waals surface area contributed by atoms with Gasteiger partial charge in [-0.3, -0.25) is 0 Å². The Labute approximate surface area is 209 Å². The van der Waals surface area contributed by atoms with Gasteiger partial charge in [0, 0.05) is 37.2 Å². The number of methoxy groups -OCH3 is 1. The molecule has 2 N–H and O–H groups in total. The van der Waals surface area contributed by atoms with Crippen LogP contribution in [0.25, 0.3) is 0 Å². The molecular formula is C26H22ClF3N2O4. The molecule has 2 bridgehead atoms. The number of hydrogen-bond acceptors (Lipinski definition) is 6. The normalized spacial score (nSPS) is 30.2. The lowest BCUT2D eigenvalue weighted by Crippen LogP contribution is -2.52. The first-order valence-corrected chi connectivity index (χ1v) is 11.7. The van der Waals surface area contributed by atoms with Crippen LogP contribution in [0.4, 0.5) is 18.9 Å². The molecule has 0 radical (unpaired) electrons. The number of anilines is 1. The monoisotopic (exact) mass is 518 g/mol. The molecule has 1 aromatic heterocycles. The number of fused-ring (bicyclic) bond motifs is 8. The number of hydrogen-bond donors (Lipinski definition) is 2. The van der Waals surface area contributed by atoms with Crippen LogP contribution < -0.4 is 14.4 Å². The second kappa shape index (κ2) is 7.50. The van der Waals surface area contributed by atoms with Gasteiger partial charge in [0.2, 0.25) is 5.88 Å². The molecule has 0 amide bonds. The van der Waals surface area contributed by atoms with Crippen LogP contribution in [-0.4, -0.2) is 42.0 Å². The van der Waals surface area contributed by atoms with E-state index in [4.69, 9.17) is 21.1 Å². The Balaban J connectivity index is 1.67. The number of aliphatic hydroxyl groups excluding tert-OH is 1. The number of rotatable bonds is 2. The minimum atomic E-state index is -4.54. The summed E-state index contributed by atoms with van der Waals surface area (Å²) in [5.74, 6) is -1.04. The molecule has 0 saturated heterocycles. The Kier molecular flexibility index (Phi) is 4.88. The first kappa shape index (κ1) is 23.4. The lowest BCUT2D eigenvalue weighted by Gasteiger charge is -2.40. The Morgan fingerprint density at radius 1 is 1.17 bits per heavy atom. The number of halogens is 4. The SMILES string of the molecule is COc1nc(Cl)cc2c1[C@]1(O)[C@H](O)[C@@H]3CN(C)c4cccc(c4)[C@H]3[C@]1(c1ccc(C(F)(F)F)cc1)O2. The summed E-state index contributed by atoms with van der Waals surface area (Å²) in [5.41, 5.74) is -2.52. The molecule has 2 aromatic carbocycles. The summed E-state index contributed by atoms with van der Waals surface area (Å²) in [6.45, 7) is 0.367. The molecule has 10 heteroatoms. The van der Waals surface area contributed by atoms with Gasteiger partial charge in [0.1, 0.15) is 10.9 Å². The smallest absolute Gasteiger partial charge is 0.416 e. The van der Waals surface area contributed by atoms with Gasteiger partial charge in [0.05, 0.1) is 24.3 Å². The van der Waals surface area contributed by atoms with Crippen LogP contribution in [0.15, 0.2) is 54.6 Å². The van der Waals surface area contributed by atoms with Crippen molar-refractivity contribution in [2.24, 2.45) is 5.92 Å². The van der Waals surface area contributed by atoms with Gasteiger partial charge in [-0.1, -0.05) is 35.9 Å². The first-order chi connectivity index (χ1) is 17.0. The third-order valence-corrected chi connectivity index (χ3v) is 8.02. The van der Waals surface area contributed by atoms with Crippen molar-refractivity contribution in [2.75, 3.05) is 25.6 Å². The lowest BCUT2D eigenvalue weighted by molar-refractivity contribution is -0.152. The van der Waals surface area contributed by atoms with Crippen molar-refractivity contribution in [1.29, 1.82) is 0 Å². The Bertz CT molecular complexity index is 1370. The molecule has 188 valence electrons. The van der Waals surface area contributed by atoms with Crippen LogP contribution in [0.2, 0.25) is 5.15 Å². The zero-order valence-electron chi connectivity index (χ0n) is 19.3. The van der Waals surface area contributed by atoms with Crippen LogP contribution in [-0.2, 0) is 17.4 Å². The molecule has 3 aliphatic rings. The highest BCUT2D eigenvalue weighted by molar-refractivity contribution is 6.29. The van der Waals surface area contributed by atoms with Crippen molar-refractivity contribution < 1.29 is 32.9 Å². The van der Waals surface area contributed by atoms with E-state index in [1.165, 1.54) is 25.3 Å². The van der Waals surface area contributed by atoms with E-state index in [2.05, 4.69) is 4.98 Å². The lowest BCUT2D eigenvalue weighted by atomic mass is 9.71. The predicted octanol–water partition coefficient (Wildman–Crippen LogP) is 4.46. The largest absolute Gasteiger partial charge is 0.481 e. The van der Waals surface area contributed by atoms with Gasteiger partial charge in [-0.25, -0.2) is 4.98 Å². The molecule has 1 fully saturated rings. The molecule has 6 rings (SSSR count). The molecule has 5 atom stereocenters. The summed E-state index contributed by atoms with van der Waals surface area (Å²) in [6.07, 6.45) is -5.91. The van der Waals surface area contributed by atoms with E-state index in [9.17, 15) is 23.4 Å². The summed E-state index contributed by atoms with van der Waals surface area (Å²) in [5, 5.41) is 24.4. The number of nitrogens with zero attached hydrogens (tertiary/aromatic N) is 2. The molecular weight excluding hydrogens is 497 g/mol. The highest BCUT2D eigenvalue weighted by atomic mass is 35.5. The highest BCUT2D eigenvalue weighted by Crippen LogP contribution is 2.70. The summed E-state index contributed by atoms with van der Waals surface area (Å²) >= 11 is 6.20. The molecule has 36 heavy (non-hydrogen) atoms. The predicted molar refractivity (Wildman–Crippen MR) is 125 cm³/mol. The van der Waals surface area contributed by atoms with Gasteiger partial charge in [0.15, 0.2) is 11.2 Å². The van der Waals surface area contributed by atoms with E-state index in [1.54, 1.807) is 0 Å². The van der Waals surface area contributed by atoms with Gasteiger partial charge in [-0.05, 0) is 35.4 Å². The van der Waals surface area contributed by atoms with E-state index < -0.39 is 40.9 Å². The second-order valence-corrected chi connectivity index (χ2v) is 9.96. The molecule has 0 unspecified atom stereocenters. The third-order valence-electron chi connectivity index (χ3n) is 7.83. The topological polar surface area (TPSA) is 75.0 Å². The Morgan fingerprint density at radius 2 is 1.89 bits per heavy atom. The van der Waals surface area contributed by atoms with Gasteiger partial charge >= 0.3 is 6.18 Å². The van der Waals surface area contributed by atoms with Crippen molar-refractivity contribution in [2.45, 2.75) is 29.4 Å². The minimum Gasteiger partial charge on any atom is -0.481 e. The van der Waals surface area contributed by atoms with Crippen molar-refractivity contribution >= 4 is 17.3 Å². The minimum absolute atomic E-state index is 0.0219. The van der Waals surface area contributed by atoms with Crippen LogP contribution >= 0.6 is 11.6 Å². The van der Waals surface area contributed by atoms with Crippen molar-refractivity contribution in [3.8, 4) is 11.6 Å². The van der Waals surface area contributed by atoms with Crippen LogP contribution in [0.5, 0.6) is 11.6 Å². The van der Waals surface area contributed by atoms with E-state index in [0.717, 1.165) is 23.4 Å². The van der Waals surface area contributed by atoms with Crippen LogP contribution in [0.3, 0.4) is 0 Å². The van der Waals surface area contributed by atoms with Crippen molar-refractivity contribution in [3.05, 3.63) is 82.0 Å². The molecule has 1 aliphatic carbocycles. The quantitative estimate of drug-likeness (QED) is 0.488. The van der Waals surface area contributed by atoms with E-state index in [0.29, 0.717) is 6.54 Å². The van der Waals surface area contributed by atoms with Gasteiger partial charge < -0.3 is 24.6 Å². The number of alkyl halides is 3. The first-order valence-electron chi connectivity index (χ1n) is 11.4. The van der Waals surface area contributed by atoms with Gasteiger partial charge in [-0.15, -0.1) is 0 Å². The van der Waals surface area contributed by atoms with E-state index in [1.807, 2.05) is 36.2 Å². The average molecular weight is 519 g/mol. The molecule has 6 nitrogen and oxygen atoms in total. The number of benzene rings is 2. The number of ether oxygens (including phenoxy) is 2. The fourth-order valence-corrected chi connectivity index (χ4v) is 6.55. The summed E-state index contributed by atoms with van der Waals surface area (Å²) < 4.78 is 52.2. The third kappa shape index (κ3) is 2.84. The summed E-state index contributed by atoms with van der Waals surface area (Å²) in [7, 11) is 3.24. The summed E-state index contributed by atoms with van der Waals surface area (Å²) in [6, 6.07) is 13.6. The molecule has 2 aliphatic heterocycles. The zero-order valence-corrected chi connectivity index (χ0v) is 20.0. The van der Waals surface area contributed by atoms with Crippen molar-refractivity contribution in [1.82, 2.24) is 4.98 Å². The fraction of sp³-hybridized carbons (Fsp3) is 0.346. The zero-order chi connectivity index (χ0) is 25.6. The standard InChI is InChI=1S/C26H22ClF3N2O4/c1-32-12-17-20(13-4-3-5-16(32)10-13)25(14-6-8-15(9-7-14)26(28,29)30)24(34,22(17)33)21-18(36-25)11-19(27)31-23(21)35-2/h3-11,17,20,22,33-34H,12H2,1-2H3/t17-,20-,22-,24+,25+/m1/s1. The van der Waals surface area contributed by atoms with E-state index in [-0.39, 0.29) is 27.9 Å². The maximum Gasteiger partial charge on any atom is 0.416 e. The van der Waals surface area contributed by atoms with Crippen molar-refractivity contribution in [3.63, 3.8) is 0 Å².